The molecule has 2 heterocycles. The number of hydrogen-bond donors (Lipinski definition) is 2. The molecule has 9 heteroatoms. The van der Waals surface area contributed by atoms with Crippen molar-refractivity contribution in [2.24, 2.45) is 0 Å². The summed E-state index contributed by atoms with van der Waals surface area (Å²) in [6.07, 6.45) is 8.44. The van der Waals surface area contributed by atoms with E-state index in [2.05, 4.69) is 30.9 Å². The largest absolute Gasteiger partial charge is 0.496 e. The Hall–Kier alpha value is -3.49. The number of rotatable bonds is 5. The van der Waals surface area contributed by atoms with Crippen LogP contribution in [0.5, 0.6) is 11.5 Å². The molecule has 1 aliphatic rings. The number of carbonyl (C=O) groups excluding carboxylic acids is 1. The second-order valence-corrected chi connectivity index (χ2v) is 6.94. The summed E-state index contributed by atoms with van der Waals surface area (Å²) in [6, 6.07) is 7.31. The molecule has 150 valence electrons. The Labute approximate surface area is 167 Å². The number of tetrazole rings is 1. The summed E-state index contributed by atoms with van der Waals surface area (Å²) in [5, 5.41) is 16.8. The maximum atomic E-state index is 12.3. The summed E-state index contributed by atoms with van der Waals surface area (Å²) in [6.45, 7) is 0. The molecule has 0 bridgehead atoms. The number of methoxy groups -OCH3 is 1. The van der Waals surface area contributed by atoms with Crippen LogP contribution in [0.3, 0.4) is 0 Å². The smallest absolute Gasteiger partial charge is 0.412 e. The highest BCUT2D eigenvalue weighted by molar-refractivity contribution is 5.76. The van der Waals surface area contributed by atoms with Gasteiger partial charge in [-0.05, 0) is 47.5 Å². The second-order valence-electron chi connectivity index (χ2n) is 6.94. The van der Waals surface area contributed by atoms with Gasteiger partial charge in [0.25, 0.3) is 0 Å². The van der Waals surface area contributed by atoms with Crippen LogP contribution in [-0.2, 0) is 0 Å². The zero-order valence-electron chi connectivity index (χ0n) is 16.1. The Kier molecular flexibility index (Phi) is 5.64. The predicted octanol–water partition coefficient (Wildman–Crippen LogP) is 3.36. The quantitative estimate of drug-likeness (QED) is 0.682. The zero-order chi connectivity index (χ0) is 20.1. The molecule has 0 spiro atoms. The van der Waals surface area contributed by atoms with Crippen LogP contribution in [0.25, 0.3) is 22.5 Å². The van der Waals surface area contributed by atoms with Crippen LogP contribution in [0.15, 0.2) is 36.7 Å². The van der Waals surface area contributed by atoms with Crippen molar-refractivity contribution < 1.29 is 14.3 Å². The van der Waals surface area contributed by atoms with Gasteiger partial charge in [0.15, 0.2) is 5.82 Å². The summed E-state index contributed by atoms with van der Waals surface area (Å²) < 4.78 is 11.0. The Morgan fingerprint density at radius 1 is 1.14 bits per heavy atom. The number of amides is 1. The molecule has 29 heavy (non-hydrogen) atoms. The standard InChI is InChI=1S/C20H22N6O3/c1-28-18-8-7-16(29-20(27)22-15-5-3-2-4-6-15)10-17(18)13-9-14(12-21-11-13)19-23-25-26-24-19/h7-12,15H,2-6H2,1H3,(H,22,27)(H,23,24,25,26). The highest BCUT2D eigenvalue weighted by atomic mass is 16.6. The van der Waals surface area contributed by atoms with Gasteiger partial charge in [0.1, 0.15) is 11.5 Å². The molecule has 1 amide bonds. The lowest BCUT2D eigenvalue weighted by Gasteiger charge is -2.22. The third-order valence-corrected chi connectivity index (χ3v) is 4.98. The highest BCUT2D eigenvalue weighted by Gasteiger charge is 2.18. The molecule has 0 aliphatic heterocycles. The maximum Gasteiger partial charge on any atom is 0.412 e. The lowest BCUT2D eigenvalue weighted by molar-refractivity contribution is 0.192. The average molecular weight is 394 g/mol. The molecular formula is C20H22N6O3. The molecule has 3 aromatic rings. The second kappa shape index (κ2) is 8.68. The first-order valence-electron chi connectivity index (χ1n) is 9.59. The van der Waals surface area contributed by atoms with Gasteiger partial charge in [-0.25, -0.2) is 9.89 Å². The first-order valence-corrected chi connectivity index (χ1v) is 9.59. The predicted molar refractivity (Wildman–Crippen MR) is 105 cm³/mol. The summed E-state index contributed by atoms with van der Waals surface area (Å²) >= 11 is 0. The zero-order valence-corrected chi connectivity index (χ0v) is 16.1. The van der Waals surface area contributed by atoms with Crippen molar-refractivity contribution >= 4 is 6.09 Å². The number of pyridine rings is 1. The molecule has 1 saturated carbocycles. The van der Waals surface area contributed by atoms with Crippen LogP contribution >= 0.6 is 0 Å². The summed E-state index contributed by atoms with van der Waals surface area (Å²) in [7, 11) is 1.59. The number of H-pyrrole nitrogens is 1. The lowest BCUT2D eigenvalue weighted by atomic mass is 9.96. The normalized spacial score (nSPS) is 14.4. The maximum absolute atomic E-state index is 12.3. The van der Waals surface area contributed by atoms with Crippen molar-refractivity contribution in [2.45, 2.75) is 38.1 Å². The van der Waals surface area contributed by atoms with Crippen LogP contribution in [0, 0.1) is 0 Å². The van der Waals surface area contributed by atoms with Crippen LogP contribution < -0.4 is 14.8 Å². The Morgan fingerprint density at radius 3 is 2.72 bits per heavy atom. The van der Waals surface area contributed by atoms with E-state index < -0.39 is 6.09 Å². The molecule has 1 aliphatic carbocycles. The van der Waals surface area contributed by atoms with Gasteiger partial charge in [-0.1, -0.05) is 19.3 Å². The summed E-state index contributed by atoms with van der Waals surface area (Å²) in [4.78, 5) is 16.6. The average Bonchev–Trinajstić information content (AvgIpc) is 3.29. The van der Waals surface area contributed by atoms with E-state index in [-0.39, 0.29) is 6.04 Å². The number of aromatic nitrogens is 5. The van der Waals surface area contributed by atoms with E-state index in [0.717, 1.165) is 42.4 Å². The molecular weight excluding hydrogens is 372 g/mol. The number of benzene rings is 1. The molecule has 2 N–H and O–H groups in total. The molecule has 2 aromatic heterocycles. The van der Waals surface area contributed by atoms with Crippen molar-refractivity contribution in [3.8, 4) is 34.0 Å². The minimum absolute atomic E-state index is 0.186. The van der Waals surface area contributed by atoms with Gasteiger partial charge >= 0.3 is 6.09 Å². The van der Waals surface area contributed by atoms with E-state index in [9.17, 15) is 4.79 Å². The van der Waals surface area contributed by atoms with Crippen molar-refractivity contribution in [1.82, 2.24) is 30.9 Å². The first kappa shape index (κ1) is 18.9. The highest BCUT2D eigenvalue weighted by Crippen LogP contribution is 2.34. The number of nitrogens with zero attached hydrogens (tertiary/aromatic N) is 4. The van der Waals surface area contributed by atoms with Gasteiger partial charge in [0.2, 0.25) is 0 Å². The van der Waals surface area contributed by atoms with Gasteiger partial charge in [0.05, 0.1) is 7.11 Å². The Morgan fingerprint density at radius 2 is 1.97 bits per heavy atom. The minimum atomic E-state index is -0.437. The van der Waals surface area contributed by atoms with E-state index in [1.807, 2.05) is 6.07 Å². The monoisotopic (exact) mass is 394 g/mol. The number of ether oxygens (including phenoxy) is 2. The van der Waals surface area contributed by atoms with Gasteiger partial charge in [-0.3, -0.25) is 4.98 Å². The van der Waals surface area contributed by atoms with Crippen molar-refractivity contribution in [1.29, 1.82) is 0 Å². The van der Waals surface area contributed by atoms with Crippen molar-refractivity contribution in [3.63, 3.8) is 0 Å². The molecule has 1 aromatic carbocycles. The third-order valence-electron chi connectivity index (χ3n) is 4.98. The third kappa shape index (κ3) is 4.50. The van der Waals surface area contributed by atoms with Crippen molar-refractivity contribution in [3.05, 3.63) is 36.7 Å². The van der Waals surface area contributed by atoms with E-state index >= 15 is 0 Å². The van der Waals surface area contributed by atoms with Crippen LogP contribution in [-0.4, -0.2) is 44.9 Å². The van der Waals surface area contributed by atoms with Crippen LogP contribution in [0.2, 0.25) is 0 Å². The SMILES string of the molecule is COc1ccc(OC(=O)NC2CCCCC2)cc1-c1cncc(-c2nnn[nH]2)c1. The van der Waals surface area contributed by atoms with Gasteiger partial charge in [0, 0.05) is 35.1 Å². The van der Waals surface area contributed by atoms with E-state index in [0.29, 0.717) is 17.3 Å². The Bertz CT molecular complexity index is 970. The molecule has 0 unspecified atom stereocenters. The van der Waals surface area contributed by atoms with Gasteiger partial charge < -0.3 is 14.8 Å². The molecule has 0 atom stereocenters. The lowest BCUT2D eigenvalue weighted by Crippen LogP contribution is -2.37. The molecule has 0 radical (unpaired) electrons. The fourth-order valence-corrected chi connectivity index (χ4v) is 3.52. The molecule has 0 saturated heterocycles. The number of aromatic amines is 1. The number of hydrogen-bond acceptors (Lipinski definition) is 7. The summed E-state index contributed by atoms with van der Waals surface area (Å²) in [5.41, 5.74) is 2.27. The number of nitrogens with one attached hydrogen (secondary N) is 2. The minimum Gasteiger partial charge on any atom is -0.496 e. The van der Waals surface area contributed by atoms with E-state index in [1.165, 1.54) is 6.42 Å². The van der Waals surface area contributed by atoms with E-state index in [1.54, 1.807) is 37.7 Å². The van der Waals surface area contributed by atoms with E-state index in [4.69, 9.17) is 9.47 Å². The fourth-order valence-electron chi connectivity index (χ4n) is 3.52. The molecule has 1 fully saturated rings. The first-order chi connectivity index (χ1) is 14.2. The van der Waals surface area contributed by atoms with Crippen molar-refractivity contribution in [2.75, 3.05) is 7.11 Å². The van der Waals surface area contributed by atoms with Crippen LogP contribution in [0.1, 0.15) is 32.1 Å². The fraction of sp³-hybridized carbons (Fsp3) is 0.350. The Balaban J connectivity index is 1.55. The topological polar surface area (TPSA) is 115 Å². The summed E-state index contributed by atoms with van der Waals surface area (Å²) in [5.74, 6) is 1.58. The van der Waals surface area contributed by atoms with Crippen LogP contribution in [0.4, 0.5) is 4.79 Å². The molecule has 9 nitrogen and oxygen atoms in total. The number of carbonyl (C=O) groups is 1. The van der Waals surface area contributed by atoms with Gasteiger partial charge in [-0.2, -0.15) is 0 Å². The van der Waals surface area contributed by atoms with Gasteiger partial charge in [-0.15, -0.1) is 5.10 Å². The molecule has 4 rings (SSSR count).